The predicted octanol–water partition coefficient (Wildman–Crippen LogP) is -3.55. The maximum absolute atomic E-state index is 14.3. The summed E-state index contributed by atoms with van der Waals surface area (Å²) in [4.78, 5) is 137. The Balaban J connectivity index is 1.18. The average molecular weight is 897 g/mol. The molecule has 0 aliphatic carbocycles. The topological polar surface area (TPSA) is 324 Å². The van der Waals surface area contributed by atoms with Gasteiger partial charge in [0.1, 0.15) is 42.3 Å². The van der Waals surface area contributed by atoms with Gasteiger partial charge in [-0.3, -0.25) is 47.9 Å². The van der Waals surface area contributed by atoms with Crippen molar-refractivity contribution >= 4 is 59.1 Å². The minimum absolute atomic E-state index is 0.168. The molecule has 8 atom stereocenters. The Bertz CT molecular complexity index is 1940. The van der Waals surface area contributed by atoms with Gasteiger partial charge in [0, 0.05) is 32.6 Å². The lowest BCUT2D eigenvalue weighted by atomic mass is 10.1. The molecule has 1 aromatic carbocycles. The maximum atomic E-state index is 14.3. The second-order valence-electron chi connectivity index (χ2n) is 16.7. The van der Waals surface area contributed by atoms with E-state index in [0.717, 1.165) is 5.56 Å². The molecule has 4 aliphatic rings. The summed E-state index contributed by atoms with van der Waals surface area (Å²) in [5.41, 5.74) is 12.2. The largest absolute Gasteiger partial charge is 0.480 e. The lowest BCUT2D eigenvalue weighted by Crippen LogP contribution is -2.59. The van der Waals surface area contributed by atoms with E-state index >= 15 is 0 Å². The summed E-state index contributed by atoms with van der Waals surface area (Å²) >= 11 is 0. The van der Waals surface area contributed by atoms with Gasteiger partial charge in [0.2, 0.25) is 53.2 Å². The van der Waals surface area contributed by atoms with Crippen LogP contribution in [-0.2, 0) is 54.4 Å². The summed E-state index contributed by atoms with van der Waals surface area (Å²) in [7, 11) is 0. The number of nitrogens with one attached hydrogen (secondary N) is 4. The third-order valence-corrected chi connectivity index (χ3v) is 12.2. The van der Waals surface area contributed by atoms with Crippen LogP contribution in [0, 0.1) is 0 Å². The summed E-state index contributed by atoms with van der Waals surface area (Å²) in [5.74, 6) is -7.10. The first-order chi connectivity index (χ1) is 30.5. The molecule has 0 spiro atoms. The lowest BCUT2D eigenvalue weighted by molar-refractivity contribution is -0.152. The number of carboxylic acid groups (broad SMARTS) is 1. The molecule has 5 rings (SSSR count). The quantitative estimate of drug-likeness (QED) is 0.0668. The molecule has 4 saturated heterocycles. The molecule has 22 nitrogen and oxygen atoms in total. The van der Waals surface area contributed by atoms with Gasteiger partial charge in [0.15, 0.2) is 0 Å². The Labute approximate surface area is 370 Å². The van der Waals surface area contributed by atoms with E-state index < -0.39 is 108 Å². The van der Waals surface area contributed by atoms with Crippen molar-refractivity contribution in [2.75, 3.05) is 39.3 Å². The van der Waals surface area contributed by atoms with E-state index in [-0.39, 0.29) is 57.8 Å². The predicted molar refractivity (Wildman–Crippen MR) is 225 cm³/mol. The second-order valence-corrected chi connectivity index (χ2v) is 16.7. The smallest absolute Gasteiger partial charge is 0.325 e. The van der Waals surface area contributed by atoms with Gasteiger partial charge in [-0.1, -0.05) is 30.3 Å². The zero-order valence-corrected chi connectivity index (χ0v) is 35.9. The molecule has 22 heteroatoms. The number of rotatable bonds is 19. The normalized spacial score (nSPS) is 22.5. The molecule has 10 N–H and O–H groups in total. The molecule has 0 aromatic heterocycles. The zero-order valence-electron chi connectivity index (χ0n) is 35.9. The van der Waals surface area contributed by atoms with Gasteiger partial charge in [-0.05, 0) is 76.7 Å². The Morgan fingerprint density at radius 3 is 1.67 bits per heavy atom. The number of hydrogen-bond donors (Lipinski definition) is 8. The third-order valence-electron chi connectivity index (χ3n) is 12.2. The molecule has 0 unspecified atom stereocenters. The molecular weight excluding hydrogens is 837 g/mol. The van der Waals surface area contributed by atoms with E-state index in [1.165, 1.54) is 26.5 Å². The number of benzene rings is 1. The van der Waals surface area contributed by atoms with Crippen LogP contribution in [-0.4, -0.2) is 177 Å². The molecule has 4 fully saturated rings. The van der Waals surface area contributed by atoms with Crippen LogP contribution in [0.15, 0.2) is 30.3 Å². The molecule has 4 aliphatic heterocycles. The van der Waals surface area contributed by atoms with Crippen LogP contribution in [0.3, 0.4) is 0 Å². The van der Waals surface area contributed by atoms with E-state index in [4.69, 9.17) is 11.5 Å². The molecule has 350 valence electrons. The molecule has 9 amide bonds. The third kappa shape index (κ3) is 12.1. The minimum Gasteiger partial charge on any atom is -0.480 e. The van der Waals surface area contributed by atoms with E-state index in [1.807, 2.05) is 30.3 Å². The van der Waals surface area contributed by atoms with Crippen molar-refractivity contribution in [3.05, 3.63) is 35.9 Å². The number of aliphatic carboxylic acids is 1. The number of hydrogen-bond acceptors (Lipinski definition) is 12. The van der Waals surface area contributed by atoms with Crippen LogP contribution < -0.4 is 32.7 Å². The Hall–Kier alpha value is -6.16. The molecular formula is C42H60N10O12. The summed E-state index contributed by atoms with van der Waals surface area (Å²) in [5, 5.41) is 28.8. The summed E-state index contributed by atoms with van der Waals surface area (Å²) in [6.45, 7) is 0.912. The van der Waals surface area contributed by atoms with Crippen LogP contribution in [0.1, 0.15) is 76.7 Å². The zero-order chi connectivity index (χ0) is 46.7. The highest BCUT2D eigenvalue weighted by atomic mass is 16.4. The second kappa shape index (κ2) is 22.5. The molecule has 64 heavy (non-hydrogen) atoms. The van der Waals surface area contributed by atoms with Gasteiger partial charge in [0.05, 0.1) is 19.2 Å². The SMILES string of the molecule is C[C@H](NC(=O)[C@H](CCC(N)=O)NC(=O)[C@H](CO)NC(=O)[C@@H]1CCCN1C(=O)[C@@H]1CCCN1C(=O)[C@@H]1CCCN1C(=O)[C@@H]1CCCN1C(=O)CNC(=O)[C@@H](N)Cc1ccccc1)C(=O)O. The number of likely N-dealkylation sites (tertiary alicyclic amines) is 4. The fraction of sp³-hybridized carbons (Fsp3) is 0.619. The number of aliphatic hydroxyl groups excluding tert-OH is 1. The monoisotopic (exact) mass is 896 g/mol. The number of amides is 9. The van der Waals surface area contributed by atoms with Crippen LogP contribution in [0.5, 0.6) is 0 Å². The minimum atomic E-state index is -1.60. The number of primary amides is 1. The van der Waals surface area contributed by atoms with E-state index in [2.05, 4.69) is 21.3 Å². The first-order valence-electron chi connectivity index (χ1n) is 21.8. The van der Waals surface area contributed by atoms with E-state index in [1.54, 1.807) is 0 Å². The summed E-state index contributed by atoms with van der Waals surface area (Å²) in [6.07, 6.45) is 2.86. The van der Waals surface area contributed by atoms with E-state index in [9.17, 15) is 58.2 Å². The van der Waals surface area contributed by atoms with Crippen molar-refractivity contribution in [2.45, 2.75) is 126 Å². The number of carbonyl (C=O) groups is 10. The fourth-order valence-corrected chi connectivity index (χ4v) is 8.80. The number of aliphatic hydroxyl groups is 1. The van der Waals surface area contributed by atoms with Crippen LogP contribution in [0.4, 0.5) is 0 Å². The van der Waals surface area contributed by atoms with Crippen LogP contribution in [0.25, 0.3) is 0 Å². The highest BCUT2D eigenvalue weighted by molar-refractivity contribution is 5.98. The van der Waals surface area contributed by atoms with E-state index in [0.29, 0.717) is 51.5 Å². The molecule has 4 heterocycles. The van der Waals surface area contributed by atoms with Gasteiger partial charge in [0.25, 0.3) is 0 Å². The van der Waals surface area contributed by atoms with Crippen LogP contribution in [0.2, 0.25) is 0 Å². The van der Waals surface area contributed by atoms with Crippen LogP contribution >= 0.6 is 0 Å². The maximum Gasteiger partial charge on any atom is 0.325 e. The standard InChI is InChI=1S/C42H60N10O12/c1-24(42(63)64)46-36(57)27(15-16-33(44)54)47-37(58)28(23-53)48-38(59)29-11-5-18-50(29)40(61)31-13-7-20-52(31)41(62)32-14-8-19-51(32)39(60)30-12-6-17-49(30)34(55)22-45-35(56)26(43)21-25-9-3-2-4-10-25/h2-4,9-10,24,26-32,53H,5-8,11-23,43H2,1H3,(H2,44,54)(H,45,56)(H,46,57)(H,47,58)(H,48,59)(H,63,64)/t24-,26-,27-,28-,29-,30-,31-,32-/m0/s1. The van der Waals surface area contributed by atoms with Crippen molar-refractivity contribution in [3.63, 3.8) is 0 Å². The van der Waals surface area contributed by atoms with Crippen molar-refractivity contribution in [1.29, 1.82) is 0 Å². The molecule has 0 radical (unpaired) electrons. The van der Waals surface area contributed by atoms with Gasteiger partial charge in [-0.2, -0.15) is 0 Å². The Morgan fingerprint density at radius 1 is 0.672 bits per heavy atom. The summed E-state index contributed by atoms with van der Waals surface area (Å²) < 4.78 is 0. The molecule has 1 aromatic rings. The Kier molecular flexibility index (Phi) is 17.1. The summed E-state index contributed by atoms with van der Waals surface area (Å²) in [6, 6.07) is 0.239. The van der Waals surface area contributed by atoms with Crippen molar-refractivity contribution in [2.24, 2.45) is 11.5 Å². The average Bonchev–Trinajstić information content (AvgIpc) is 4.12. The highest BCUT2D eigenvalue weighted by Crippen LogP contribution is 2.30. The number of carboxylic acids is 1. The van der Waals surface area contributed by atoms with Gasteiger partial charge < -0.3 is 62.5 Å². The molecule has 0 saturated carbocycles. The fourth-order valence-electron chi connectivity index (χ4n) is 8.80. The number of nitrogens with two attached hydrogens (primary N) is 2. The highest BCUT2D eigenvalue weighted by Gasteiger charge is 2.48. The Morgan fingerprint density at radius 2 is 1.16 bits per heavy atom. The van der Waals surface area contributed by atoms with Gasteiger partial charge >= 0.3 is 5.97 Å². The molecule has 0 bridgehead atoms. The lowest BCUT2D eigenvalue weighted by Gasteiger charge is -2.35. The van der Waals surface area contributed by atoms with Crippen molar-refractivity contribution in [1.82, 2.24) is 40.9 Å². The van der Waals surface area contributed by atoms with Gasteiger partial charge in [-0.25, -0.2) is 0 Å². The number of carbonyl (C=O) groups excluding carboxylic acids is 9. The first kappa shape index (κ1) is 48.9. The van der Waals surface area contributed by atoms with Crippen molar-refractivity contribution in [3.8, 4) is 0 Å². The van der Waals surface area contributed by atoms with Crippen molar-refractivity contribution < 1.29 is 58.2 Å². The number of nitrogens with zero attached hydrogens (tertiary/aromatic N) is 4. The first-order valence-corrected chi connectivity index (χ1v) is 21.8. The van der Waals surface area contributed by atoms with Gasteiger partial charge in [-0.15, -0.1) is 0 Å².